The third kappa shape index (κ3) is 4.62. The minimum Gasteiger partial charge on any atom is -0.351 e. The lowest BCUT2D eigenvalue weighted by Crippen LogP contribution is -2.52. The number of carbonyl (C=O) groups excluding carboxylic acids is 3. The summed E-state index contributed by atoms with van der Waals surface area (Å²) in [6.45, 7) is 3.39. The van der Waals surface area contributed by atoms with Gasteiger partial charge in [0.15, 0.2) is 0 Å². The summed E-state index contributed by atoms with van der Waals surface area (Å²) in [5.41, 5.74) is 1.67. The monoisotopic (exact) mass is 427 g/mol. The van der Waals surface area contributed by atoms with Crippen LogP contribution in [-0.4, -0.2) is 69.6 Å². The van der Waals surface area contributed by atoms with Crippen LogP contribution in [0.1, 0.15) is 34.7 Å². The molecule has 2 aliphatic rings. The minimum atomic E-state index is -0.357. The van der Waals surface area contributed by atoms with Gasteiger partial charge in [-0.25, -0.2) is 9.40 Å². The highest BCUT2D eigenvalue weighted by molar-refractivity contribution is 6.39. The Bertz CT molecular complexity index is 1020. The van der Waals surface area contributed by atoms with Crippen LogP contribution in [0.5, 0.6) is 0 Å². The number of carbonyl (C=O) groups is 3. The van der Waals surface area contributed by atoms with Gasteiger partial charge in [-0.3, -0.25) is 14.4 Å². The van der Waals surface area contributed by atoms with Crippen molar-refractivity contribution in [3.05, 3.63) is 53.2 Å². The number of benzene rings is 1. The first-order valence-electron chi connectivity index (χ1n) is 10.0. The van der Waals surface area contributed by atoms with E-state index in [0.29, 0.717) is 37.6 Å². The lowest BCUT2D eigenvalue weighted by molar-refractivity contribution is -0.132. The van der Waals surface area contributed by atoms with E-state index in [1.165, 1.54) is 17.1 Å². The van der Waals surface area contributed by atoms with Crippen LogP contribution in [0.3, 0.4) is 0 Å². The van der Waals surface area contributed by atoms with Crippen LogP contribution in [0.15, 0.2) is 40.0 Å². The Morgan fingerprint density at radius 2 is 1.68 bits per heavy atom. The summed E-state index contributed by atoms with van der Waals surface area (Å²) >= 11 is 0. The first-order valence-corrected chi connectivity index (χ1v) is 10.0. The highest BCUT2D eigenvalue weighted by atomic mass is 19.1. The standard InChI is InChI=1S/C21H22FN5O4/c1-14-12-18(31-24-14)21(30)26-10-8-25(9-11-26)20(29)17-6-7-19(28)27(23-17)13-15-2-4-16(22)5-3-15/h2-5,12H,6-11,13H2,1H3. The van der Waals surface area contributed by atoms with Crippen molar-refractivity contribution >= 4 is 23.4 Å². The summed E-state index contributed by atoms with van der Waals surface area (Å²) in [7, 11) is 0. The summed E-state index contributed by atoms with van der Waals surface area (Å²) in [6, 6.07) is 7.39. The number of nitrogens with zero attached hydrogens (tertiary/aromatic N) is 5. The number of piperazine rings is 1. The maximum absolute atomic E-state index is 13.1. The summed E-state index contributed by atoms with van der Waals surface area (Å²) in [6.07, 6.45) is 0.461. The molecule has 0 unspecified atom stereocenters. The van der Waals surface area contributed by atoms with Gasteiger partial charge in [0, 0.05) is 45.1 Å². The second-order valence-electron chi connectivity index (χ2n) is 7.54. The van der Waals surface area contributed by atoms with Gasteiger partial charge in [-0.15, -0.1) is 0 Å². The SMILES string of the molecule is Cc1cc(C(=O)N2CCN(C(=O)C3=NN(Cc4ccc(F)cc4)C(=O)CC3)CC2)on1. The normalized spacial score (nSPS) is 17.0. The quantitative estimate of drug-likeness (QED) is 0.738. The molecular formula is C21H22FN5O4. The number of halogens is 1. The maximum Gasteiger partial charge on any atom is 0.292 e. The molecule has 0 radical (unpaired) electrons. The summed E-state index contributed by atoms with van der Waals surface area (Å²) in [5.74, 6) is -0.843. The van der Waals surface area contributed by atoms with E-state index in [-0.39, 0.29) is 48.7 Å². The Kier molecular flexibility index (Phi) is 5.79. The van der Waals surface area contributed by atoms with Crippen molar-refractivity contribution in [2.24, 2.45) is 5.10 Å². The molecule has 0 N–H and O–H groups in total. The van der Waals surface area contributed by atoms with E-state index in [9.17, 15) is 18.8 Å². The van der Waals surface area contributed by atoms with Gasteiger partial charge in [0.2, 0.25) is 11.7 Å². The van der Waals surface area contributed by atoms with Gasteiger partial charge in [0.25, 0.3) is 11.8 Å². The molecule has 31 heavy (non-hydrogen) atoms. The molecule has 2 aromatic rings. The lowest BCUT2D eigenvalue weighted by atomic mass is 10.1. The first kappa shape index (κ1) is 20.7. The van der Waals surface area contributed by atoms with E-state index in [1.807, 2.05) is 0 Å². The van der Waals surface area contributed by atoms with Crippen LogP contribution in [-0.2, 0) is 16.1 Å². The number of aromatic nitrogens is 1. The van der Waals surface area contributed by atoms with E-state index in [2.05, 4.69) is 10.3 Å². The van der Waals surface area contributed by atoms with Crippen LogP contribution in [0.2, 0.25) is 0 Å². The fourth-order valence-corrected chi connectivity index (χ4v) is 3.56. The van der Waals surface area contributed by atoms with Gasteiger partial charge >= 0.3 is 0 Å². The van der Waals surface area contributed by atoms with Crippen molar-refractivity contribution in [1.82, 2.24) is 20.0 Å². The number of hydrogen-bond donors (Lipinski definition) is 0. The van der Waals surface area contributed by atoms with Crippen LogP contribution in [0, 0.1) is 12.7 Å². The molecule has 0 aliphatic carbocycles. The number of rotatable bonds is 4. The highest BCUT2D eigenvalue weighted by Gasteiger charge is 2.31. The molecule has 4 rings (SSSR count). The van der Waals surface area contributed by atoms with E-state index < -0.39 is 0 Å². The molecule has 2 aliphatic heterocycles. The van der Waals surface area contributed by atoms with Crippen LogP contribution >= 0.6 is 0 Å². The topological polar surface area (TPSA) is 99.3 Å². The molecule has 0 saturated carbocycles. The lowest BCUT2D eigenvalue weighted by Gasteiger charge is -2.35. The fourth-order valence-electron chi connectivity index (χ4n) is 3.56. The van der Waals surface area contributed by atoms with Gasteiger partial charge < -0.3 is 14.3 Å². The average Bonchev–Trinajstić information content (AvgIpc) is 3.22. The molecule has 1 fully saturated rings. The maximum atomic E-state index is 13.1. The van der Waals surface area contributed by atoms with E-state index in [4.69, 9.17) is 4.52 Å². The molecule has 0 atom stereocenters. The molecule has 162 valence electrons. The van der Waals surface area contributed by atoms with Gasteiger partial charge in [-0.2, -0.15) is 5.10 Å². The Morgan fingerprint density at radius 1 is 1.03 bits per heavy atom. The second-order valence-corrected chi connectivity index (χ2v) is 7.54. The molecule has 10 heteroatoms. The molecule has 1 aromatic carbocycles. The minimum absolute atomic E-state index is 0.175. The number of hydrogen-bond acceptors (Lipinski definition) is 6. The number of aryl methyl sites for hydroxylation is 1. The molecule has 9 nitrogen and oxygen atoms in total. The molecular weight excluding hydrogens is 405 g/mol. The molecule has 3 heterocycles. The molecule has 3 amide bonds. The van der Waals surface area contributed by atoms with Crippen molar-refractivity contribution in [3.8, 4) is 0 Å². The summed E-state index contributed by atoms with van der Waals surface area (Å²) in [4.78, 5) is 40.9. The van der Waals surface area contributed by atoms with Crippen molar-refractivity contribution in [2.45, 2.75) is 26.3 Å². The van der Waals surface area contributed by atoms with Crippen LogP contribution in [0.4, 0.5) is 4.39 Å². The van der Waals surface area contributed by atoms with Gasteiger partial charge in [0.1, 0.15) is 11.5 Å². The Hall–Kier alpha value is -3.56. The molecule has 0 spiro atoms. The van der Waals surface area contributed by atoms with E-state index in [1.54, 1.807) is 34.9 Å². The van der Waals surface area contributed by atoms with Crippen molar-refractivity contribution in [3.63, 3.8) is 0 Å². The second kappa shape index (κ2) is 8.66. The fraction of sp³-hybridized carbons (Fsp3) is 0.381. The zero-order valence-electron chi connectivity index (χ0n) is 17.1. The largest absolute Gasteiger partial charge is 0.351 e. The summed E-state index contributed by atoms with van der Waals surface area (Å²) in [5, 5.41) is 9.26. The highest BCUT2D eigenvalue weighted by Crippen LogP contribution is 2.17. The predicted octanol–water partition coefficient (Wildman–Crippen LogP) is 1.59. The zero-order valence-corrected chi connectivity index (χ0v) is 17.1. The van der Waals surface area contributed by atoms with E-state index >= 15 is 0 Å². The van der Waals surface area contributed by atoms with Gasteiger partial charge in [-0.1, -0.05) is 17.3 Å². The third-order valence-electron chi connectivity index (χ3n) is 5.29. The van der Waals surface area contributed by atoms with Gasteiger partial charge in [0.05, 0.1) is 12.2 Å². The Balaban J connectivity index is 1.38. The molecule has 0 bridgehead atoms. The Labute approximate surface area is 178 Å². The number of hydrazone groups is 1. The third-order valence-corrected chi connectivity index (χ3v) is 5.29. The van der Waals surface area contributed by atoms with E-state index in [0.717, 1.165) is 5.56 Å². The predicted molar refractivity (Wildman–Crippen MR) is 107 cm³/mol. The summed E-state index contributed by atoms with van der Waals surface area (Å²) < 4.78 is 18.1. The Morgan fingerprint density at radius 3 is 2.29 bits per heavy atom. The smallest absolute Gasteiger partial charge is 0.292 e. The van der Waals surface area contributed by atoms with Gasteiger partial charge in [-0.05, 0) is 24.6 Å². The van der Waals surface area contributed by atoms with Crippen molar-refractivity contribution in [1.29, 1.82) is 0 Å². The average molecular weight is 427 g/mol. The van der Waals surface area contributed by atoms with Crippen molar-refractivity contribution in [2.75, 3.05) is 26.2 Å². The first-order chi connectivity index (χ1) is 14.9. The molecule has 1 saturated heterocycles. The molecule has 1 aromatic heterocycles. The van der Waals surface area contributed by atoms with Crippen molar-refractivity contribution < 1.29 is 23.3 Å². The van der Waals surface area contributed by atoms with Crippen LogP contribution in [0.25, 0.3) is 0 Å². The number of amides is 3. The zero-order chi connectivity index (χ0) is 22.0. The van der Waals surface area contributed by atoms with Crippen LogP contribution < -0.4 is 0 Å².